The molecule has 9 nitrogen and oxygen atoms in total. The first-order valence-corrected chi connectivity index (χ1v) is 7.67. The summed E-state index contributed by atoms with van der Waals surface area (Å²) in [5, 5.41) is 6.58. The lowest BCUT2D eigenvalue weighted by Crippen LogP contribution is -2.21. The van der Waals surface area contributed by atoms with E-state index < -0.39 is 5.82 Å². The fourth-order valence-corrected chi connectivity index (χ4v) is 2.02. The van der Waals surface area contributed by atoms with Crippen molar-refractivity contribution in [3.05, 3.63) is 72.7 Å². The van der Waals surface area contributed by atoms with Gasteiger partial charge in [-0.25, -0.2) is 9.37 Å². The quantitative estimate of drug-likeness (QED) is 0.462. The topological polar surface area (TPSA) is 141 Å². The summed E-state index contributed by atoms with van der Waals surface area (Å²) < 4.78 is 18.7. The van der Waals surface area contributed by atoms with Crippen LogP contribution >= 0.6 is 0 Å². The molecule has 0 atom stereocenters. The molecule has 3 aromatic rings. The van der Waals surface area contributed by atoms with E-state index in [1.165, 1.54) is 18.3 Å². The van der Waals surface area contributed by atoms with E-state index in [1.807, 2.05) is 30.3 Å². The Morgan fingerprint density at radius 1 is 1.11 bits per heavy atom. The maximum Gasteiger partial charge on any atom is 0.279 e. The molecule has 0 radical (unpaired) electrons. The van der Waals surface area contributed by atoms with Crippen molar-refractivity contribution in [1.29, 1.82) is 0 Å². The van der Waals surface area contributed by atoms with Crippen molar-refractivity contribution in [2.45, 2.75) is 0 Å². The molecule has 0 aliphatic rings. The van der Waals surface area contributed by atoms with E-state index in [9.17, 15) is 4.39 Å². The maximum atomic E-state index is 13.7. The molecule has 0 aliphatic heterocycles. The molecule has 2 aromatic heterocycles. The molecular formula is C17H15FN8O. The summed E-state index contributed by atoms with van der Waals surface area (Å²) in [6.07, 6.45) is 1.40. The van der Waals surface area contributed by atoms with Gasteiger partial charge in [0, 0.05) is 11.9 Å². The molecule has 0 unspecified atom stereocenters. The molecule has 0 bridgehead atoms. The number of pyridine rings is 1. The van der Waals surface area contributed by atoms with Gasteiger partial charge in [-0.15, -0.1) is 0 Å². The van der Waals surface area contributed by atoms with Gasteiger partial charge >= 0.3 is 0 Å². The van der Waals surface area contributed by atoms with Gasteiger partial charge in [-0.05, 0) is 24.3 Å². The van der Waals surface area contributed by atoms with Crippen LogP contribution in [0.15, 0.2) is 75.6 Å². The van der Waals surface area contributed by atoms with Gasteiger partial charge < -0.3 is 21.3 Å². The van der Waals surface area contributed by atoms with Crippen LogP contribution in [0.2, 0.25) is 0 Å². The number of rotatable bonds is 5. The Kier molecular flexibility index (Phi) is 5.17. The van der Waals surface area contributed by atoms with E-state index in [1.54, 1.807) is 0 Å². The second-order valence-electron chi connectivity index (χ2n) is 5.16. The second-order valence-corrected chi connectivity index (χ2v) is 5.16. The summed E-state index contributed by atoms with van der Waals surface area (Å²) in [7, 11) is 0. The van der Waals surface area contributed by atoms with Crippen LogP contribution in [0.5, 0.6) is 0 Å². The molecule has 0 aliphatic carbocycles. The number of benzene rings is 1. The molecule has 10 heteroatoms. The zero-order valence-corrected chi connectivity index (χ0v) is 14.0. The van der Waals surface area contributed by atoms with Crippen molar-refractivity contribution >= 4 is 17.5 Å². The highest BCUT2D eigenvalue weighted by Gasteiger charge is 2.16. The van der Waals surface area contributed by atoms with Gasteiger partial charge in [0.05, 0.1) is 0 Å². The zero-order valence-electron chi connectivity index (χ0n) is 14.0. The molecule has 27 heavy (non-hydrogen) atoms. The number of hydrogen-bond donors (Lipinski definition) is 3. The van der Waals surface area contributed by atoms with Crippen molar-refractivity contribution in [2.75, 3.05) is 5.32 Å². The Morgan fingerprint density at radius 2 is 1.89 bits per heavy atom. The molecule has 0 amide bonds. The van der Waals surface area contributed by atoms with Crippen LogP contribution < -0.4 is 16.8 Å². The summed E-state index contributed by atoms with van der Waals surface area (Å²) >= 11 is 0. The molecule has 1 aromatic carbocycles. The van der Waals surface area contributed by atoms with Gasteiger partial charge in [-0.1, -0.05) is 29.9 Å². The van der Waals surface area contributed by atoms with E-state index >= 15 is 0 Å². The van der Waals surface area contributed by atoms with Crippen molar-refractivity contribution < 1.29 is 8.91 Å². The minimum Gasteiger partial charge on any atom is -0.380 e. The van der Waals surface area contributed by atoms with Gasteiger partial charge in [-0.3, -0.25) is 0 Å². The predicted molar refractivity (Wildman–Crippen MR) is 99.0 cm³/mol. The first-order chi connectivity index (χ1) is 13.0. The number of hydrogen-bond acceptors (Lipinski definition) is 6. The van der Waals surface area contributed by atoms with E-state index in [2.05, 4.69) is 37.0 Å². The lowest BCUT2D eigenvalue weighted by Gasteiger charge is -2.04. The van der Waals surface area contributed by atoms with E-state index in [-0.39, 0.29) is 35.0 Å². The number of nitrogens with zero attached hydrogens (tertiary/aromatic N) is 5. The number of para-hydroxylation sites is 1. The van der Waals surface area contributed by atoms with Crippen LogP contribution in [0.1, 0.15) is 5.82 Å². The summed E-state index contributed by atoms with van der Waals surface area (Å²) in [5.74, 6) is -0.875. The summed E-state index contributed by atoms with van der Waals surface area (Å²) in [5.41, 5.74) is 12.2. The monoisotopic (exact) mass is 366 g/mol. The van der Waals surface area contributed by atoms with Crippen LogP contribution in [0, 0.1) is 5.82 Å². The van der Waals surface area contributed by atoms with Crippen LogP contribution in [0.3, 0.4) is 0 Å². The lowest BCUT2D eigenvalue weighted by molar-refractivity contribution is 0.424. The average molecular weight is 366 g/mol. The second kappa shape index (κ2) is 7.87. The summed E-state index contributed by atoms with van der Waals surface area (Å²) in [6, 6.07) is 11.9. The minimum atomic E-state index is -0.604. The third-order valence-corrected chi connectivity index (χ3v) is 3.16. The van der Waals surface area contributed by atoms with Gasteiger partial charge in [0.15, 0.2) is 17.3 Å². The van der Waals surface area contributed by atoms with Crippen molar-refractivity contribution in [3.8, 4) is 11.6 Å². The van der Waals surface area contributed by atoms with Gasteiger partial charge in [0.2, 0.25) is 11.8 Å². The minimum absolute atomic E-state index is 0.0742. The van der Waals surface area contributed by atoms with Gasteiger partial charge in [0.1, 0.15) is 5.82 Å². The van der Waals surface area contributed by atoms with Gasteiger partial charge in [-0.2, -0.15) is 15.0 Å². The first-order valence-electron chi connectivity index (χ1n) is 7.67. The van der Waals surface area contributed by atoms with Crippen LogP contribution in [-0.2, 0) is 0 Å². The van der Waals surface area contributed by atoms with Crippen LogP contribution in [0.25, 0.3) is 11.6 Å². The number of nitrogens with two attached hydrogens (primary N) is 2. The number of aromatic nitrogens is 3. The third-order valence-electron chi connectivity index (χ3n) is 3.16. The maximum absolute atomic E-state index is 13.7. The number of halogens is 1. The first kappa shape index (κ1) is 17.7. The molecule has 0 fully saturated rings. The van der Waals surface area contributed by atoms with Crippen molar-refractivity contribution in [2.24, 2.45) is 21.5 Å². The molecule has 0 spiro atoms. The standard InChI is InChI=1S/C17H15FN8O/c1-10(22-11-6-3-2-4-7-11)23-17(20)24-14(19)15-25-16(27-26-15)13-12(18)8-5-9-21-13/h2-9,22H,1H2,(H4,19,20,23,24). The highest BCUT2D eigenvalue weighted by Crippen LogP contribution is 2.17. The van der Waals surface area contributed by atoms with E-state index in [0.29, 0.717) is 0 Å². The number of amidine groups is 1. The summed E-state index contributed by atoms with van der Waals surface area (Å²) in [6.45, 7) is 3.74. The fourth-order valence-electron chi connectivity index (χ4n) is 2.02. The van der Waals surface area contributed by atoms with Crippen LogP contribution in [0.4, 0.5) is 10.1 Å². The molecule has 0 saturated heterocycles. The Morgan fingerprint density at radius 3 is 2.63 bits per heavy atom. The Hall–Kier alpha value is -4.08. The van der Waals surface area contributed by atoms with Crippen LogP contribution in [-0.4, -0.2) is 26.9 Å². The third kappa shape index (κ3) is 4.51. The molecule has 3 rings (SSSR count). The average Bonchev–Trinajstić information content (AvgIpc) is 3.12. The molecule has 5 N–H and O–H groups in total. The van der Waals surface area contributed by atoms with E-state index in [0.717, 1.165) is 5.69 Å². The van der Waals surface area contributed by atoms with Gasteiger partial charge in [0.25, 0.3) is 5.89 Å². The Balaban J connectivity index is 1.73. The SMILES string of the molecule is C=C(N=C(N)N=C(N)c1noc(-c2ncccc2F)n1)Nc1ccccc1. The highest BCUT2D eigenvalue weighted by atomic mass is 19.1. The number of anilines is 1. The highest BCUT2D eigenvalue weighted by molar-refractivity contribution is 6.02. The molecule has 136 valence electrons. The smallest absolute Gasteiger partial charge is 0.279 e. The molecule has 2 heterocycles. The number of nitrogens with one attached hydrogen (secondary N) is 1. The Bertz CT molecular complexity index is 1010. The molecule has 0 saturated carbocycles. The number of aliphatic imine (C=N–C) groups is 2. The fraction of sp³-hybridized carbons (Fsp3) is 0. The number of guanidine groups is 1. The molecular weight excluding hydrogens is 351 g/mol. The van der Waals surface area contributed by atoms with Crippen molar-refractivity contribution in [3.63, 3.8) is 0 Å². The lowest BCUT2D eigenvalue weighted by atomic mass is 10.3. The van der Waals surface area contributed by atoms with Crippen molar-refractivity contribution in [1.82, 2.24) is 15.1 Å². The largest absolute Gasteiger partial charge is 0.380 e. The Labute approximate surface area is 153 Å². The summed E-state index contributed by atoms with van der Waals surface area (Å²) in [4.78, 5) is 15.7. The predicted octanol–water partition coefficient (Wildman–Crippen LogP) is 1.87. The van der Waals surface area contributed by atoms with E-state index in [4.69, 9.17) is 16.0 Å². The normalized spacial score (nSPS) is 12.0. The zero-order chi connectivity index (χ0) is 19.2.